The van der Waals surface area contributed by atoms with Gasteiger partial charge >= 0.3 is 0 Å². The maximum Gasteiger partial charge on any atom is 0.258 e. The van der Waals surface area contributed by atoms with Crippen molar-refractivity contribution in [3.63, 3.8) is 0 Å². The molecule has 1 fully saturated rings. The Bertz CT molecular complexity index is 1270. The summed E-state index contributed by atoms with van der Waals surface area (Å²) in [5, 5.41) is 8.38. The number of pyridine rings is 1. The number of nitrogen functional groups attached to an aromatic ring is 1. The predicted molar refractivity (Wildman–Crippen MR) is 127 cm³/mol. The number of nitrogens with two attached hydrogens (primary N) is 1. The molecule has 0 unspecified atom stereocenters. The third kappa shape index (κ3) is 3.27. The Morgan fingerprint density at radius 3 is 2.82 bits per heavy atom. The molecule has 1 aliphatic heterocycles. The maximum absolute atomic E-state index is 15.6. The second-order valence-corrected chi connectivity index (χ2v) is 9.63. The van der Waals surface area contributed by atoms with Crippen molar-refractivity contribution in [3.05, 3.63) is 58.3 Å². The molecule has 0 radical (unpaired) electrons. The lowest BCUT2D eigenvalue weighted by Gasteiger charge is -2.25. The first-order valence-corrected chi connectivity index (χ1v) is 11.3. The zero-order chi connectivity index (χ0) is 23.5. The van der Waals surface area contributed by atoms with Gasteiger partial charge in [0.2, 0.25) is 0 Å². The van der Waals surface area contributed by atoms with Gasteiger partial charge in [0.05, 0.1) is 16.6 Å². The van der Waals surface area contributed by atoms with E-state index in [1.54, 1.807) is 32.4 Å². The molecular formula is C24H26ClFN6O. The van der Waals surface area contributed by atoms with E-state index in [-0.39, 0.29) is 28.3 Å². The number of nitrogens with one attached hydrogen (secondary N) is 1. The minimum atomic E-state index is -0.686. The molecule has 0 bridgehead atoms. The number of carbonyl (C=O) groups is 1. The first kappa shape index (κ1) is 21.7. The van der Waals surface area contributed by atoms with Crippen LogP contribution >= 0.6 is 11.6 Å². The second kappa shape index (κ2) is 7.73. The van der Waals surface area contributed by atoms with E-state index in [1.165, 1.54) is 4.90 Å². The highest BCUT2D eigenvalue weighted by atomic mass is 35.5. The van der Waals surface area contributed by atoms with Crippen LogP contribution in [0.25, 0.3) is 11.1 Å². The van der Waals surface area contributed by atoms with Crippen LogP contribution in [0.15, 0.2) is 30.6 Å². The van der Waals surface area contributed by atoms with Gasteiger partial charge in [0.15, 0.2) is 0 Å². The molecule has 1 amide bonds. The fourth-order valence-corrected chi connectivity index (χ4v) is 5.77. The summed E-state index contributed by atoms with van der Waals surface area (Å²) in [5.74, 6) is -0.445. The van der Waals surface area contributed by atoms with Crippen LogP contribution in [0.3, 0.4) is 0 Å². The minimum Gasteiger partial charge on any atom is -0.398 e. The number of hydrogen-bond acceptors (Lipinski definition) is 5. The Morgan fingerprint density at radius 2 is 2.12 bits per heavy atom. The van der Waals surface area contributed by atoms with Gasteiger partial charge in [-0.25, -0.2) is 9.37 Å². The summed E-state index contributed by atoms with van der Waals surface area (Å²) in [6, 6.07) is 5.38. The van der Waals surface area contributed by atoms with E-state index in [4.69, 9.17) is 17.3 Å². The lowest BCUT2D eigenvalue weighted by Crippen LogP contribution is -2.26. The SMILES string of the molecule is Cc1ccnn1[C@@H]1CC[C@]2(CNc3ncc(-c4ccc(N)c(C(=O)N(C)C)c4F)c(Cl)c32)C1. The standard InChI is InChI=1S/C24H26ClFN6O/c1-13-7-9-30-32(13)14-6-8-24(10-14)12-29-22-19(24)20(25)16(11-28-22)15-4-5-17(27)18(21(15)26)23(33)31(2)3/h4-5,7,9,11,14H,6,8,10,12,27H2,1-3H3,(H,28,29)/t14-,24-/m1/s1. The average Bonchev–Trinajstić information content (AvgIpc) is 3.48. The molecule has 0 saturated heterocycles. The normalized spacial score (nSPS) is 21.3. The largest absolute Gasteiger partial charge is 0.398 e. The third-order valence-corrected chi connectivity index (χ3v) is 7.41. The molecular weight excluding hydrogens is 443 g/mol. The van der Waals surface area contributed by atoms with Crippen molar-refractivity contribution < 1.29 is 9.18 Å². The number of fused-ring (bicyclic) bond motifs is 2. The molecule has 1 aromatic carbocycles. The van der Waals surface area contributed by atoms with E-state index in [9.17, 15) is 4.79 Å². The molecule has 2 atom stereocenters. The molecule has 1 saturated carbocycles. The maximum atomic E-state index is 15.6. The summed E-state index contributed by atoms with van der Waals surface area (Å²) in [6.45, 7) is 2.78. The highest BCUT2D eigenvalue weighted by molar-refractivity contribution is 6.34. The summed E-state index contributed by atoms with van der Waals surface area (Å²) in [5.41, 5.74) is 8.41. The number of benzene rings is 1. The fourth-order valence-electron chi connectivity index (χ4n) is 5.33. The van der Waals surface area contributed by atoms with E-state index >= 15 is 4.39 Å². The van der Waals surface area contributed by atoms with Gasteiger partial charge in [-0.05, 0) is 44.4 Å². The molecule has 2 aromatic heterocycles. The molecule has 172 valence electrons. The van der Waals surface area contributed by atoms with E-state index in [0.29, 0.717) is 10.6 Å². The summed E-state index contributed by atoms with van der Waals surface area (Å²) >= 11 is 6.97. The van der Waals surface area contributed by atoms with Crippen LogP contribution in [-0.2, 0) is 5.41 Å². The topological polar surface area (TPSA) is 89.1 Å². The minimum absolute atomic E-state index is 0.0894. The predicted octanol–water partition coefficient (Wildman–Crippen LogP) is 4.42. The number of aromatic nitrogens is 3. The number of aryl methyl sites for hydroxylation is 1. The van der Waals surface area contributed by atoms with Gasteiger partial charge in [0.1, 0.15) is 11.6 Å². The van der Waals surface area contributed by atoms with Crippen LogP contribution < -0.4 is 11.1 Å². The van der Waals surface area contributed by atoms with Gasteiger partial charge in [-0.15, -0.1) is 0 Å². The van der Waals surface area contributed by atoms with Crippen molar-refractivity contribution in [2.75, 3.05) is 31.7 Å². The zero-order valence-electron chi connectivity index (χ0n) is 18.8. The van der Waals surface area contributed by atoms with E-state index < -0.39 is 11.7 Å². The molecule has 7 nitrogen and oxygen atoms in total. The summed E-state index contributed by atoms with van der Waals surface area (Å²) in [6.07, 6.45) is 6.16. The molecule has 3 aromatic rings. The van der Waals surface area contributed by atoms with E-state index in [2.05, 4.69) is 27.0 Å². The first-order valence-electron chi connectivity index (χ1n) is 11.0. The number of rotatable bonds is 3. The number of halogens is 2. The molecule has 33 heavy (non-hydrogen) atoms. The van der Waals surface area contributed by atoms with Gasteiger partial charge in [0.25, 0.3) is 5.91 Å². The monoisotopic (exact) mass is 468 g/mol. The molecule has 5 rings (SSSR count). The molecule has 3 N–H and O–H groups in total. The second-order valence-electron chi connectivity index (χ2n) is 9.25. The van der Waals surface area contributed by atoms with Crippen LogP contribution in [-0.4, -0.2) is 46.2 Å². The summed E-state index contributed by atoms with van der Waals surface area (Å²) < 4.78 is 17.7. The van der Waals surface area contributed by atoms with Gasteiger partial charge in [-0.2, -0.15) is 5.10 Å². The quantitative estimate of drug-likeness (QED) is 0.555. The Balaban J connectivity index is 1.59. The van der Waals surface area contributed by atoms with Crippen molar-refractivity contribution in [2.45, 2.75) is 37.6 Å². The van der Waals surface area contributed by atoms with Gasteiger partial charge in [0, 0.05) is 66.5 Å². The molecule has 1 aliphatic carbocycles. The van der Waals surface area contributed by atoms with Gasteiger partial charge < -0.3 is 16.0 Å². The van der Waals surface area contributed by atoms with Gasteiger partial charge in [-0.1, -0.05) is 11.6 Å². The Kier molecular flexibility index (Phi) is 5.08. The molecule has 1 spiro atoms. The Hall–Kier alpha value is -3.13. The Morgan fingerprint density at radius 1 is 1.33 bits per heavy atom. The number of carbonyl (C=O) groups excluding carboxylic acids is 1. The van der Waals surface area contributed by atoms with Crippen LogP contribution in [0.2, 0.25) is 5.02 Å². The average molecular weight is 469 g/mol. The van der Waals surface area contributed by atoms with Crippen molar-refractivity contribution in [1.29, 1.82) is 0 Å². The summed E-state index contributed by atoms with van der Waals surface area (Å²) in [4.78, 5) is 18.4. The lowest BCUT2D eigenvalue weighted by molar-refractivity contribution is 0.0824. The smallest absolute Gasteiger partial charge is 0.258 e. The number of anilines is 2. The fraction of sp³-hybridized carbons (Fsp3) is 0.375. The van der Waals surface area contributed by atoms with Crippen LogP contribution in [0.4, 0.5) is 15.9 Å². The van der Waals surface area contributed by atoms with Crippen LogP contribution in [0.1, 0.15) is 46.9 Å². The van der Waals surface area contributed by atoms with Crippen molar-refractivity contribution in [1.82, 2.24) is 19.7 Å². The van der Waals surface area contributed by atoms with Crippen molar-refractivity contribution in [3.8, 4) is 11.1 Å². The number of amides is 1. The highest BCUT2D eigenvalue weighted by Crippen LogP contribution is 2.54. The highest BCUT2D eigenvalue weighted by Gasteiger charge is 2.48. The third-order valence-electron chi connectivity index (χ3n) is 7.02. The summed E-state index contributed by atoms with van der Waals surface area (Å²) in [7, 11) is 3.12. The van der Waals surface area contributed by atoms with Gasteiger partial charge in [-0.3, -0.25) is 9.48 Å². The number of nitrogens with zero attached hydrogens (tertiary/aromatic N) is 4. The van der Waals surface area contributed by atoms with E-state index in [1.807, 2.05) is 12.3 Å². The van der Waals surface area contributed by atoms with Crippen LogP contribution in [0, 0.1) is 12.7 Å². The zero-order valence-corrected chi connectivity index (χ0v) is 19.6. The van der Waals surface area contributed by atoms with E-state index in [0.717, 1.165) is 42.9 Å². The molecule has 9 heteroatoms. The first-order chi connectivity index (χ1) is 15.7. The van der Waals surface area contributed by atoms with Crippen molar-refractivity contribution in [2.24, 2.45) is 0 Å². The molecule has 3 heterocycles. The van der Waals surface area contributed by atoms with Crippen LogP contribution in [0.5, 0.6) is 0 Å². The van der Waals surface area contributed by atoms with Crippen molar-refractivity contribution >= 4 is 29.0 Å². The molecule has 2 aliphatic rings. The lowest BCUT2D eigenvalue weighted by atomic mass is 9.80. The number of hydrogen-bond donors (Lipinski definition) is 2. The Labute approximate surface area is 196 Å².